The van der Waals surface area contributed by atoms with E-state index in [-0.39, 0.29) is 0 Å². The molecule has 0 amide bonds. The summed E-state index contributed by atoms with van der Waals surface area (Å²) in [5.41, 5.74) is 0.639. The van der Waals surface area contributed by atoms with Gasteiger partial charge in [-0.1, -0.05) is 0 Å². The maximum absolute atomic E-state index is 5.57. The molecule has 4 aliphatic rings. The Bertz CT molecular complexity index is 554. The third-order valence-electron chi connectivity index (χ3n) is 8.55. The summed E-state index contributed by atoms with van der Waals surface area (Å²) in [4.78, 5) is 11.0. The predicted octanol–water partition coefficient (Wildman–Crippen LogP) is 3.15. The van der Waals surface area contributed by atoms with Gasteiger partial charge in [0, 0.05) is 69.0 Å². The maximum atomic E-state index is 5.57. The molecule has 0 bridgehead atoms. The molecule has 0 N–H and O–H groups in total. The van der Waals surface area contributed by atoms with Gasteiger partial charge in [0.15, 0.2) is 0 Å². The Morgan fingerprint density at radius 1 is 0.700 bits per heavy atom. The largest absolute Gasteiger partial charge is 0.379 e. The van der Waals surface area contributed by atoms with Crippen LogP contribution in [0.3, 0.4) is 0 Å². The summed E-state index contributed by atoms with van der Waals surface area (Å²) >= 11 is 0. The van der Waals surface area contributed by atoms with E-state index in [1.807, 2.05) is 0 Å². The molecular formula is C25H48N4O. The molecule has 0 aliphatic carbocycles. The molecule has 4 aliphatic heterocycles. The summed E-state index contributed by atoms with van der Waals surface area (Å²) in [6.07, 6.45) is 6.88. The van der Waals surface area contributed by atoms with Gasteiger partial charge in [-0.3, -0.25) is 19.6 Å². The topological polar surface area (TPSA) is 22.2 Å². The van der Waals surface area contributed by atoms with E-state index < -0.39 is 0 Å². The van der Waals surface area contributed by atoms with Crippen molar-refractivity contribution in [2.24, 2.45) is 5.92 Å². The predicted molar refractivity (Wildman–Crippen MR) is 125 cm³/mol. The zero-order valence-electron chi connectivity index (χ0n) is 20.5. The van der Waals surface area contributed by atoms with E-state index in [4.69, 9.17) is 4.74 Å². The van der Waals surface area contributed by atoms with Crippen LogP contribution in [0.1, 0.15) is 66.7 Å². The Morgan fingerprint density at radius 2 is 1.33 bits per heavy atom. The van der Waals surface area contributed by atoms with E-state index in [9.17, 15) is 0 Å². The van der Waals surface area contributed by atoms with Crippen LogP contribution in [0, 0.1) is 5.92 Å². The molecular weight excluding hydrogens is 372 g/mol. The van der Waals surface area contributed by atoms with Crippen LogP contribution >= 0.6 is 0 Å². The fraction of sp³-hybridized carbons (Fsp3) is 1.00. The highest BCUT2D eigenvalue weighted by Gasteiger charge is 2.40. The van der Waals surface area contributed by atoms with Crippen molar-refractivity contribution < 1.29 is 4.74 Å². The van der Waals surface area contributed by atoms with Crippen LogP contribution in [0.5, 0.6) is 0 Å². The van der Waals surface area contributed by atoms with Crippen LogP contribution < -0.4 is 0 Å². The van der Waals surface area contributed by atoms with Gasteiger partial charge >= 0.3 is 0 Å². The van der Waals surface area contributed by atoms with Gasteiger partial charge in [0.25, 0.3) is 0 Å². The third-order valence-corrected chi connectivity index (χ3v) is 8.55. The summed E-state index contributed by atoms with van der Waals surface area (Å²) in [7, 11) is 0. The second kappa shape index (κ2) is 9.35. The number of hydrogen-bond acceptors (Lipinski definition) is 5. The molecule has 0 saturated carbocycles. The number of nitrogens with zero attached hydrogens (tertiary/aromatic N) is 4. The van der Waals surface area contributed by atoms with Gasteiger partial charge in [0.2, 0.25) is 0 Å². The molecule has 0 aromatic rings. The Balaban J connectivity index is 1.28. The fourth-order valence-electron chi connectivity index (χ4n) is 6.61. The van der Waals surface area contributed by atoms with Crippen molar-refractivity contribution >= 4 is 0 Å². The van der Waals surface area contributed by atoms with E-state index in [1.165, 1.54) is 71.4 Å². The molecule has 4 fully saturated rings. The summed E-state index contributed by atoms with van der Waals surface area (Å²) in [5, 5.41) is 0. The van der Waals surface area contributed by atoms with E-state index in [0.717, 1.165) is 44.3 Å². The molecule has 0 radical (unpaired) electrons. The first-order valence-electron chi connectivity index (χ1n) is 12.8. The normalized spacial score (nSPS) is 34.1. The summed E-state index contributed by atoms with van der Waals surface area (Å²) in [6.45, 7) is 24.0. The van der Waals surface area contributed by atoms with Crippen LogP contribution in [0.15, 0.2) is 0 Å². The quantitative estimate of drug-likeness (QED) is 0.680. The highest BCUT2D eigenvalue weighted by atomic mass is 16.5. The van der Waals surface area contributed by atoms with E-state index in [1.54, 1.807) is 0 Å². The van der Waals surface area contributed by atoms with Gasteiger partial charge < -0.3 is 4.74 Å². The molecule has 5 heteroatoms. The van der Waals surface area contributed by atoms with E-state index >= 15 is 0 Å². The Kier molecular flexibility index (Phi) is 7.16. The van der Waals surface area contributed by atoms with E-state index in [0.29, 0.717) is 11.1 Å². The van der Waals surface area contributed by atoms with Crippen LogP contribution in [0.25, 0.3) is 0 Å². The Hall–Kier alpha value is -0.200. The smallest absolute Gasteiger partial charge is 0.0594 e. The lowest BCUT2D eigenvalue weighted by molar-refractivity contribution is 0.0136. The highest BCUT2D eigenvalue weighted by Crippen LogP contribution is 2.34. The highest BCUT2D eigenvalue weighted by molar-refractivity contribution is 4.96. The van der Waals surface area contributed by atoms with Crippen LogP contribution in [-0.2, 0) is 4.74 Å². The molecule has 0 aromatic carbocycles. The van der Waals surface area contributed by atoms with Crippen molar-refractivity contribution in [2.75, 3.05) is 65.6 Å². The summed E-state index contributed by atoms with van der Waals surface area (Å²) < 4.78 is 5.57. The lowest BCUT2D eigenvalue weighted by atomic mass is 9.84. The third kappa shape index (κ3) is 5.40. The van der Waals surface area contributed by atoms with E-state index in [2.05, 4.69) is 54.2 Å². The lowest BCUT2D eigenvalue weighted by Crippen LogP contribution is -2.50. The number of piperidine rings is 1. The van der Waals surface area contributed by atoms with Crippen molar-refractivity contribution in [2.45, 2.75) is 89.9 Å². The monoisotopic (exact) mass is 420 g/mol. The van der Waals surface area contributed by atoms with Crippen molar-refractivity contribution in [3.63, 3.8) is 0 Å². The Morgan fingerprint density at radius 3 is 2.00 bits per heavy atom. The number of likely N-dealkylation sites (tertiary alicyclic amines) is 3. The van der Waals surface area contributed by atoms with Crippen molar-refractivity contribution in [3.8, 4) is 0 Å². The second-order valence-corrected chi connectivity index (χ2v) is 12.1. The minimum atomic E-state index is 0.318. The molecule has 174 valence electrons. The SMILES string of the molecule is CC(C)(C)N1CC[C@H](N2CCCC(CC(C)(C)N3CC[C@H](N4CCOCC4)C3)C2)C1. The van der Waals surface area contributed by atoms with Crippen LogP contribution in [-0.4, -0.2) is 108 Å². The van der Waals surface area contributed by atoms with Gasteiger partial charge in [-0.2, -0.15) is 0 Å². The molecule has 5 nitrogen and oxygen atoms in total. The number of ether oxygens (including phenoxy) is 1. The molecule has 3 atom stereocenters. The van der Waals surface area contributed by atoms with Gasteiger partial charge in [0.1, 0.15) is 0 Å². The second-order valence-electron chi connectivity index (χ2n) is 12.1. The minimum absolute atomic E-state index is 0.318. The first kappa shape index (κ1) is 23.0. The molecule has 4 rings (SSSR count). The molecule has 4 saturated heterocycles. The molecule has 0 spiro atoms. The molecule has 1 unspecified atom stereocenters. The minimum Gasteiger partial charge on any atom is -0.379 e. The zero-order chi connectivity index (χ0) is 21.4. The maximum Gasteiger partial charge on any atom is 0.0594 e. The van der Waals surface area contributed by atoms with Crippen LogP contribution in [0.2, 0.25) is 0 Å². The first-order valence-corrected chi connectivity index (χ1v) is 12.8. The van der Waals surface area contributed by atoms with Gasteiger partial charge in [0.05, 0.1) is 13.2 Å². The van der Waals surface area contributed by atoms with Crippen LogP contribution in [0.4, 0.5) is 0 Å². The average Bonchev–Trinajstić information content (AvgIpc) is 3.39. The average molecular weight is 421 g/mol. The molecule has 0 aromatic heterocycles. The molecule has 4 heterocycles. The molecule has 30 heavy (non-hydrogen) atoms. The Labute approximate surface area is 186 Å². The van der Waals surface area contributed by atoms with Crippen molar-refractivity contribution in [3.05, 3.63) is 0 Å². The number of rotatable bonds is 5. The number of morpholine rings is 1. The van der Waals surface area contributed by atoms with Gasteiger partial charge in [-0.15, -0.1) is 0 Å². The summed E-state index contributed by atoms with van der Waals surface area (Å²) in [6, 6.07) is 1.53. The van der Waals surface area contributed by atoms with Crippen molar-refractivity contribution in [1.82, 2.24) is 19.6 Å². The first-order chi connectivity index (χ1) is 14.2. The zero-order valence-corrected chi connectivity index (χ0v) is 20.5. The summed E-state index contributed by atoms with van der Waals surface area (Å²) in [5.74, 6) is 0.861. The van der Waals surface area contributed by atoms with Gasteiger partial charge in [-0.25, -0.2) is 0 Å². The lowest BCUT2D eigenvalue weighted by Gasteiger charge is -2.43. The fourth-order valence-corrected chi connectivity index (χ4v) is 6.61. The van der Waals surface area contributed by atoms with Crippen molar-refractivity contribution in [1.29, 1.82) is 0 Å². The standard InChI is InChI=1S/C25H48N4O/c1-24(2,3)28-11-8-23(19-28)27-10-6-7-21(18-27)17-25(4,5)29-12-9-22(20-29)26-13-15-30-16-14-26/h21-23H,6-20H2,1-5H3/t21?,22-,23-/m0/s1. The number of hydrogen-bond donors (Lipinski definition) is 0. The van der Waals surface area contributed by atoms with Gasteiger partial charge in [-0.05, 0) is 79.2 Å².